The summed E-state index contributed by atoms with van der Waals surface area (Å²) in [7, 11) is 0. The van der Waals surface area contributed by atoms with Crippen LogP contribution in [0, 0.1) is 5.82 Å². The Hall–Kier alpha value is -1.39. The molecule has 1 unspecified atom stereocenters. The van der Waals surface area contributed by atoms with Crippen LogP contribution in [0.1, 0.15) is 18.5 Å². The van der Waals surface area contributed by atoms with Gasteiger partial charge in [0.2, 0.25) is 0 Å². The molecule has 1 aromatic rings. The van der Waals surface area contributed by atoms with Gasteiger partial charge in [0.05, 0.1) is 6.61 Å². The molecule has 0 aliphatic heterocycles. The smallest absolute Gasteiger partial charge is 0.130 e. The predicted molar refractivity (Wildman–Crippen MR) is 68.5 cm³/mol. The zero-order valence-corrected chi connectivity index (χ0v) is 10.1. The average molecular weight is 238 g/mol. The number of nitrogens with two attached hydrogens (primary N) is 1. The number of hydrogen-bond acceptors (Lipinski definition) is 3. The van der Waals surface area contributed by atoms with Crippen LogP contribution in [-0.2, 0) is 0 Å². The summed E-state index contributed by atoms with van der Waals surface area (Å²) in [5, 5.41) is 9.02. The van der Waals surface area contributed by atoms with Crippen molar-refractivity contribution < 1.29 is 9.50 Å². The summed E-state index contributed by atoms with van der Waals surface area (Å²) in [6.45, 7) is 6.37. The SMILES string of the molecule is C=CCN(CCO)c1cccc(F)c1C(C)N. The minimum absolute atomic E-state index is 0.00272. The lowest BCUT2D eigenvalue weighted by molar-refractivity contribution is 0.303. The van der Waals surface area contributed by atoms with Gasteiger partial charge in [0.25, 0.3) is 0 Å². The van der Waals surface area contributed by atoms with Gasteiger partial charge >= 0.3 is 0 Å². The zero-order chi connectivity index (χ0) is 12.8. The third-order valence-corrected chi connectivity index (χ3v) is 2.55. The summed E-state index contributed by atoms with van der Waals surface area (Å²) in [5.74, 6) is -0.315. The van der Waals surface area contributed by atoms with Crippen LogP contribution in [0.2, 0.25) is 0 Å². The lowest BCUT2D eigenvalue weighted by Crippen LogP contribution is -2.29. The minimum Gasteiger partial charge on any atom is -0.395 e. The summed E-state index contributed by atoms with van der Waals surface area (Å²) in [6, 6.07) is 4.45. The summed E-state index contributed by atoms with van der Waals surface area (Å²) >= 11 is 0. The zero-order valence-electron chi connectivity index (χ0n) is 10.1. The van der Waals surface area contributed by atoms with Gasteiger partial charge in [-0.1, -0.05) is 12.1 Å². The lowest BCUT2D eigenvalue weighted by Gasteiger charge is -2.26. The molecule has 0 aliphatic carbocycles. The number of hydrogen-bond donors (Lipinski definition) is 2. The highest BCUT2D eigenvalue weighted by Gasteiger charge is 2.16. The standard InChI is InChI=1S/C13H19FN2O/c1-3-7-16(8-9-17)12-6-4-5-11(14)13(12)10(2)15/h3-6,10,17H,1,7-9,15H2,2H3. The van der Waals surface area contributed by atoms with Gasteiger partial charge in [-0.15, -0.1) is 6.58 Å². The first-order valence-corrected chi connectivity index (χ1v) is 5.62. The predicted octanol–water partition coefficient (Wildman–Crippen LogP) is 1.83. The van der Waals surface area contributed by atoms with Crippen molar-refractivity contribution in [3.05, 3.63) is 42.2 Å². The van der Waals surface area contributed by atoms with Crippen LogP contribution in [0.4, 0.5) is 10.1 Å². The third-order valence-electron chi connectivity index (χ3n) is 2.55. The fraction of sp³-hybridized carbons (Fsp3) is 0.385. The van der Waals surface area contributed by atoms with Gasteiger partial charge in [0.1, 0.15) is 5.82 Å². The number of aliphatic hydroxyl groups is 1. The molecule has 3 N–H and O–H groups in total. The highest BCUT2D eigenvalue weighted by molar-refractivity contribution is 5.56. The number of rotatable bonds is 6. The fourth-order valence-electron chi connectivity index (χ4n) is 1.84. The van der Waals surface area contributed by atoms with E-state index in [1.54, 1.807) is 25.1 Å². The second-order valence-electron chi connectivity index (χ2n) is 3.92. The molecule has 0 saturated heterocycles. The number of benzene rings is 1. The Morgan fingerprint density at radius 2 is 2.29 bits per heavy atom. The molecular formula is C13H19FN2O. The van der Waals surface area contributed by atoms with Crippen molar-refractivity contribution in [3.8, 4) is 0 Å². The Bertz CT molecular complexity index is 380. The van der Waals surface area contributed by atoms with Crippen LogP contribution < -0.4 is 10.6 Å². The van der Waals surface area contributed by atoms with Crippen LogP contribution in [0.5, 0.6) is 0 Å². The molecule has 0 aromatic heterocycles. The van der Waals surface area contributed by atoms with Crippen molar-refractivity contribution in [2.45, 2.75) is 13.0 Å². The summed E-state index contributed by atoms with van der Waals surface area (Å²) in [5.41, 5.74) is 6.98. The van der Waals surface area contributed by atoms with E-state index in [9.17, 15) is 4.39 Å². The molecular weight excluding hydrogens is 219 g/mol. The van der Waals surface area contributed by atoms with E-state index >= 15 is 0 Å². The van der Waals surface area contributed by atoms with Gasteiger partial charge in [-0.2, -0.15) is 0 Å². The molecule has 0 spiro atoms. The Morgan fingerprint density at radius 3 is 2.82 bits per heavy atom. The first-order chi connectivity index (χ1) is 8.11. The average Bonchev–Trinajstić information content (AvgIpc) is 2.28. The Labute approximate surface area is 101 Å². The maximum absolute atomic E-state index is 13.7. The van der Waals surface area contributed by atoms with Crippen molar-refractivity contribution in [1.82, 2.24) is 0 Å². The normalized spacial score (nSPS) is 12.2. The van der Waals surface area contributed by atoms with Crippen LogP contribution >= 0.6 is 0 Å². The van der Waals surface area contributed by atoms with Crippen LogP contribution in [-0.4, -0.2) is 24.8 Å². The first kappa shape index (κ1) is 13.7. The molecule has 1 atom stereocenters. The van der Waals surface area contributed by atoms with Crippen LogP contribution in [0.15, 0.2) is 30.9 Å². The maximum Gasteiger partial charge on any atom is 0.130 e. The molecule has 0 saturated carbocycles. The molecule has 0 aliphatic rings. The van der Waals surface area contributed by atoms with Gasteiger partial charge in [-0.05, 0) is 19.1 Å². The van der Waals surface area contributed by atoms with E-state index in [1.165, 1.54) is 6.07 Å². The molecule has 3 nitrogen and oxygen atoms in total. The summed E-state index contributed by atoms with van der Waals surface area (Å²) in [6.07, 6.45) is 1.71. The topological polar surface area (TPSA) is 49.5 Å². The van der Waals surface area contributed by atoms with Crippen molar-refractivity contribution in [1.29, 1.82) is 0 Å². The minimum atomic E-state index is -0.391. The van der Waals surface area contributed by atoms with E-state index < -0.39 is 6.04 Å². The van der Waals surface area contributed by atoms with Crippen molar-refractivity contribution in [3.63, 3.8) is 0 Å². The van der Waals surface area contributed by atoms with Crippen molar-refractivity contribution >= 4 is 5.69 Å². The molecule has 0 amide bonds. The fourth-order valence-corrected chi connectivity index (χ4v) is 1.84. The van der Waals surface area contributed by atoms with Crippen LogP contribution in [0.3, 0.4) is 0 Å². The molecule has 94 valence electrons. The van der Waals surface area contributed by atoms with E-state index in [0.29, 0.717) is 24.3 Å². The number of halogens is 1. The largest absolute Gasteiger partial charge is 0.395 e. The molecule has 1 aromatic carbocycles. The highest BCUT2D eigenvalue weighted by Crippen LogP contribution is 2.27. The highest BCUT2D eigenvalue weighted by atomic mass is 19.1. The van der Waals surface area contributed by atoms with Gasteiger partial charge in [0.15, 0.2) is 0 Å². The molecule has 0 radical (unpaired) electrons. The molecule has 4 heteroatoms. The molecule has 0 fully saturated rings. The van der Waals surface area contributed by atoms with Crippen LogP contribution in [0.25, 0.3) is 0 Å². The third kappa shape index (κ3) is 3.28. The van der Waals surface area contributed by atoms with E-state index in [-0.39, 0.29) is 12.4 Å². The molecule has 0 bridgehead atoms. The van der Waals surface area contributed by atoms with Gasteiger partial charge in [-0.3, -0.25) is 0 Å². The number of aliphatic hydroxyl groups excluding tert-OH is 1. The summed E-state index contributed by atoms with van der Waals surface area (Å²) < 4.78 is 13.7. The Kier molecular flexibility index (Phi) is 5.12. The first-order valence-electron chi connectivity index (χ1n) is 5.62. The lowest BCUT2D eigenvalue weighted by atomic mass is 10.0. The van der Waals surface area contributed by atoms with E-state index in [1.807, 2.05) is 4.90 Å². The van der Waals surface area contributed by atoms with Gasteiger partial charge in [0, 0.05) is 30.4 Å². The molecule has 1 rings (SSSR count). The number of nitrogens with zero attached hydrogens (tertiary/aromatic N) is 1. The van der Waals surface area contributed by atoms with E-state index in [2.05, 4.69) is 6.58 Å². The van der Waals surface area contributed by atoms with Gasteiger partial charge < -0.3 is 15.7 Å². The van der Waals surface area contributed by atoms with E-state index in [4.69, 9.17) is 10.8 Å². The molecule has 17 heavy (non-hydrogen) atoms. The second-order valence-corrected chi connectivity index (χ2v) is 3.92. The Morgan fingerprint density at radius 1 is 1.59 bits per heavy atom. The van der Waals surface area contributed by atoms with Crippen molar-refractivity contribution in [2.75, 3.05) is 24.6 Å². The number of anilines is 1. The van der Waals surface area contributed by atoms with E-state index in [0.717, 1.165) is 0 Å². The maximum atomic E-state index is 13.7. The van der Waals surface area contributed by atoms with Crippen molar-refractivity contribution in [2.24, 2.45) is 5.73 Å². The quantitative estimate of drug-likeness (QED) is 0.743. The molecule has 0 heterocycles. The van der Waals surface area contributed by atoms with Gasteiger partial charge in [-0.25, -0.2) is 4.39 Å². The monoisotopic (exact) mass is 238 g/mol. The Balaban J connectivity index is 3.16. The second kappa shape index (κ2) is 6.37. The summed E-state index contributed by atoms with van der Waals surface area (Å²) in [4.78, 5) is 1.86.